The van der Waals surface area contributed by atoms with Crippen molar-refractivity contribution in [2.75, 3.05) is 21.3 Å². The molecule has 3 aromatic rings. The second kappa shape index (κ2) is 8.86. The van der Waals surface area contributed by atoms with Gasteiger partial charge in [-0.2, -0.15) is 0 Å². The van der Waals surface area contributed by atoms with Gasteiger partial charge in [0.15, 0.2) is 11.5 Å². The highest BCUT2D eigenvalue weighted by atomic mass is 16.5. The number of amides is 1. The average Bonchev–Trinajstić information content (AvgIpc) is 3.19. The zero-order chi connectivity index (χ0) is 21.0. The number of fused-ring (bicyclic) bond motifs is 1. The highest BCUT2D eigenvalue weighted by Crippen LogP contribution is 2.38. The Hall–Kier alpha value is -3.22. The summed E-state index contributed by atoms with van der Waals surface area (Å²) in [6, 6.07) is 10.8. The molecule has 2 N–H and O–H groups in total. The molecule has 2 atom stereocenters. The molecule has 0 aliphatic rings. The van der Waals surface area contributed by atoms with E-state index >= 15 is 0 Å². The number of hydrogen-bond donors (Lipinski definition) is 2. The van der Waals surface area contributed by atoms with Gasteiger partial charge in [0, 0.05) is 5.56 Å². The summed E-state index contributed by atoms with van der Waals surface area (Å²) in [6.07, 6.45) is 0.886. The summed E-state index contributed by atoms with van der Waals surface area (Å²) >= 11 is 0. The minimum absolute atomic E-state index is 0.182. The summed E-state index contributed by atoms with van der Waals surface area (Å²) < 4.78 is 16.1. The molecule has 29 heavy (non-hydrogen) atoms. The van der Waals surface area contributed by atoms with Crippen molar-refractivity contribution in [2.24, 2.45) is 5.92 Å². The van der Waals surface area contributed by atoms with Crippen LogP contribution in [0.3, 0.4) is 0 Å². The van der Waals surface area contributed by atoms with Gasteiger partial charge in [0.25, 0.3) is 5.91 Å². The molecule has 7 nitrogen and oxygen atoms in total. The topological polar surface area (TPSA) is 85.5 Å². The number of ether oxygens (including phenoxy) is 3. The van der Waals surface area contributed by atoms with E-state index in [2.05, 4.69) is 29.1 Å². The molecule has 0 radical (unpaired) electrons. The van der Waals surface area contributed by atoms with Crippen LogP contribution in [0, 0.1) is 5.92 Å². The van der Waals surface area contributed by atoms with Crippen molar-refractivity contribution in [1.82, 2.24) is 15.3 Å². The number of benzene rings is 2. The number of para-hydroxylation sites is 2. The third kappa shape index (κ3) is 4.13. The van der Waals surface area contributed by atoms with E-state index in [0.717, 1.165) is 23.3 Å². The summed E-state index contributed by atoms with van der Waals surface area (Å²) in [5.74, 6) is 1.99. The van der Waals surface area contributed by atoms with Crippen molar-refractivity contribution >= 4 is 16.9 Å². The van der Waals surface area contributed by atoms with Gasteiger partial charge in [-0.15, -0.1) is 0 Å². The van der Waals surface area contributed by atoms with E-state index in [1.807, 2.05) is 24.3 Å². The zero-order valence-electron chi connectivity index (χ0n) is 17.4. The van der Waals surface area contributed by atoms with Gasteiger partial charge >= 0.3 is 0 Å². The Balaban J connectivity index is 1.95. The van der Waals surface area contributed by atoms with Crippen molar-refractivity contribution < 1.29 is 19.0 Å². The lowest BCUT2D eigenvalue weighted by molar-refractivity contribution is 0.0919. The molecule has 0 saturated heterocycles. The van der Waals surface area contributed by atoms with E-state index in [0.29, 0.717) is 22.8 Å². The quantitative estimate of drug-likeness (QED) is 0.598. The second-order valence-electron chi connectivity index (χ2n) is 6.89. The number of carbonyl (C=O) groups is 1. The maximum atomic E-state index is 13.1. The number of carbonyl (C=O) groups excluding carboxylic acids is 1. The second-order valence-corrected chi connectivity index (χ2v) is 6.89. The lowest BCUT2D eigenvalue weighted by Gasteiger charge is -2.23. The number of methoxy groups -OCH3 is 3. The monoisotopic (exact) mass is 397 g/mol. The molecule has 0 fully saturated rings. The summed E-state index contributed by atoms with van der Waals surface area (Å²) in [7, 11) is 4.57. The SMILES string of the molecule is CC[C@H](C)[C@@H](NC(=O)c1cc(OC)c(OC)c(OC)c1)c1nc2ccccc2[nH]1. The van der Waals surface area contributed by atoms with Crippen molar-refractivity contribution in [1.29, 1.82) is 0 Å². The van der Waals surface area contributed by atoms with Crippen LogP contribution >= 0.6 is 0 Å². The maximum Gasteiger partial charge on any atom is 0.252 e. The Morgan fingerprint density at radius 1 is 1.10 bits per heavy atom. The number of aromatic amines is 1. The molecule has 0 aliphatic heterocycles. The van der Waals surface area contributed by atoms with Crippen LogP contribution in [0.5, 0.6) is 17.2 Å². The number of imidazole rings is 1. The van der Waals surface area contributed by atoms with E-state index in [9.17, 15) is 4.79 Å². The van der Waals surface area contributed by atoms with Crippen LogP contribution in [0.2, 0.25) is 0 Å². The molecule has 0 aliphatic carbocycles. The maximum absolute atomic E-state index is 13.1. The van der Waals surface area contributed by atoms with E-state index < -0.39 is 0 Å². The van der Waals surface area contributed by atoms with Crippen LogP contribution in [0.15, 0.2) is 36.4 Å². The first-order valence-electron chi connectivity index (χ1n) is 9.57. The Morgan fingerprint density at radius 2 is 1.76 bits per heavy atom. The number of nitrogens with zero attached hydrogens (tertiary/aromatic N) is 1. The molecular weight excluding hydrogens is 370 g/mol. The number of nitrogens with one attached hydrogen (secondary N) is 2. The third-order valence-corrected chi connectivity index (χ3v) is 5.13. The molecule has 3 rings (SSSR count). The molecular formula is C22H27N3O4. The molecule has 0 spiro atoms. The van der Waals surface area contributed by atoms with Gasteiger partial charge in [-0.05, 0) is 30.2 Å². The van der Waals surface area contributed by atoms with Crippen molar-refractivity contribution in [2.45, 2.75) is 26.3 Å². The normalized spacial score (nSPS) is 13.0. The fourth-order valence-electron chi connectivity index (χ4n) is 3.27. The Labute approximate surface area is 170 Å². The number of H-pyrrole nitrogens is 1. The lowest BCUT2D eigenvalue weighted by Crippen LogP contribution is -2.33. The van der Waals surface area contributed by atoms with Crippen LogP contribution in [0.1, 0.15) is 42.5 Å². The first-order valence-corrected chi connectivity index (χ1v) is 9.57. The molecule has 0 bridgehead atoms. The van der Waals surface area contributed by atoms with E-state index in [1.165, 1.54) is 21.3 Å². The van der Waals surface area contributed by atoms with E-state index in [-0.39, 0.29) is 17.9 Å². The van der Waals surface area contributed by atoms with Crippen molar-refractivity contribution in [3.8, 4) is 17.2 Å². The number of aromatic nitrogens is 2. The van der Waals surface area contributed by atoms with Gasteiger partial charge in [0.1, 0.15) is 5.82 Å². The van der Waals surface area contributed by atoms with Crippen LogP contribution in [-0.2, 0) is 0 Å². The largest absolute Gasteiger partial charge is 0.493 e. The molecule has 1 heterocycles. The van der Waals surface area contributed by atoms with Crippen LogP contribution in [-0.4, -0.2) is 37.2 Å². The minimum atomic E-state index is -0.265. The highest BCUT2D eigenvalue weighted by molar-refractivity contribution is 5.96. The van der Waals surface area contributed by atoms with Gasteiger partial charge in [-0.25, -0.2) is 4.98 Å². The van der Waals surface area contributed by atoms with Gasteiger partial charge in [0.05, 0.1) is 38.4 Å². The van der Waals surface area contributed by atoms with Gasteiger partial charge < -0.3 is 24.5 Å². The third-order valence-electron chi connectivity index (χ3n) is 5.13. The summed E-state index contributed by atoms with van der Waals surface area (Å²) in [5, 5.41) is 3.12. The smallest absolute Gasteiger partial charge is 0.252 e. The van der Waals surface area contributed by atoms with Gasteiger partial charge in [-0.3, -0.25) is 4.79 Å². The first-order chi connectivity index (χ1) is 14.0. The van der Waals surface area contributed by atoms with Crippen LogP contribution < -0.4 is 19.5 Å². The fraction of sp³-hybridized carbons (Fsp3) is 0.364. The molecule has 2 aromatic carbocycles. The van der Waals surface area contributed by atoms with E-state index in [1.54, 1.807) is 12.1 Å². The number of hydrogen-bond acceptors (Lipinski definition) is 5. The first kappa shape index (κ1) is 20.5. The molecule has 154 valence electrons. The predicted molar refractivity (Wildman–Crippen MR) is 112 cm³/mol. The van der Waals surface area contributed by atoms with Crippen LogP contribution in [0.4, 0.5) is 0 Å². The standard InChI is InChI=1S/C22H27N3O4/c1-6-13(2)19(21-23-15-9-7-8-10-16(15)24-21)25-22(26)14-11-17(27-3)20(29-5)18(12-14)28-4/h7-13,19H,6H2,1-5H3,(H,23,24)(H,25,26)/t13-,19+/m0/s1. The molecule has 0 unspecified atom stereocenters. The Morgan fingerprint density at radius 3 is 2.31 bits per heavy atom. The molecule has 1 aromatic heterocycles. The summed E-state index contributed by atoms with van der Waals surface area (Å²) in [6.45, 7) is 4.18. The fourth-order valence-corrected chi connectivity index (χ4v) is 3.27. The van der Waals surface area contributed by atoms with Crippen LogP contribution in [0.25, 0.3) is 11.0 Å². The summed E-state index contributed by atoms with van der Waals surface area (Å²) in [4.78, 5) is 21.1. The molecule has 1 amide bonds. The predicted octanol–water partition coefficient (Wildman–Crippen LogP) is 4.11. The minimum Gasteiger partial charge on any atom is -0.493 e. The van der Waals surface area contributed by atoms with Gasteiger partial charge in [0.2, 0.25) is 5.75 Å². The lowest BCUT2D eigenvalue weighted by atomic mass is 9.98. The summed E-state index contributed by atoms with van der Waals surface area (Å²) in [5.41, 5.74) is 2.24. The van der Waals surface area contributed by atoms with Crippen molar-refractivity contribution in [3.63, 3.8) is 0 Å². The molecule has 7 heteroatoms. The van der Waals surface area contributed by atoms with Crippen molar-refractivity contribution in [3.05, 3.63) is 47.8 Å². The van der Waals surface area contributed by atoms with E-state index in [4.69, 9.17) is 14.2 Å². The molecule has 0 saturated carbocycles. The Bertz CT molecular complexity index is 941. The zero-order valence-corrected chi connectivity index (χ0v) is 17.4. The number of rotatable bonds is 8. The average molecular weight is 397 g/mol. The highest BCUT2D eigenvalue weighted by Gasteiger charge is 2.25. The van der Waals surface area contributed by atoms with Gasteiger partial charge in [-0.1, -0.05) is 32.4 Å². The Kier molecular flexibility index (Phi) is 6.26.